The second-order valence-corrected chi connectivity index (χ2v) is 5.10. The number of methoxy groups -OCH3 is 1. The zero-order chi connectivity index (χ0) is 10.4. The van der Waals surface area contributed by atoms with E-state index in [0.717, 1.165) is 12.8 Å². The Kier molecular flexibility index (Phi) is 2.11. The van der Waals surface area contributed by atoms with E-state index in [1.807, 2.05) is 6.92 Å². The SMILES string of the molecule is COC(=O)C(C)(NC1CC1)C1(C)CC1. The van der Waals surface area contributed by atoms with Crippen LogP contribution in [0.1, 0.15) is 39.5 Å². The topological polar surface area (TPSA) is 38.3 Å². The molecule has 0 amide bonds. The van der Waals surface area contributed by atoms with Crippen LogP contribution in [0.25, 0.3) is 0 Å². The molecule has 3 heteroatoms. The third-order valence-electron chi connectivity index (χ3n) is 3.87. The van der Waals surface area contributed by atoms with Gasteiger partial charge in [-0.2, -0.15) is 0 Å². The van der Waals surface area contributed by atoms with Crippen LogP contribution in [0, 0.1) is 5.41 Å². The number of nitrogens with one attached hydrogen (secondary N) is 1. The van der Waals surface area contributed by atoms with Crippen LogP contribution in [-0.4, -0.2) is 24.7 Å². The van der Waals surface area contributed by atoms with Gasteiger partial charge in [0.25, 0.3) is 0 Å². The fourth-order valence-corrected chi connectivity index (χ4v) is 2.01. The van der Waals surface area contributed by atoms with Crippen LogP contribution in [0.5, 0.6) is 0 Å². The summed E-state index contributed by atoms with van der Waals surface area (Å²) in [6.45, 7) is 4.16. The molecule has 0 aromatic rings. The van der Waals surface area contributed by atoms with E-state index < -0.39 is 5.54 Å². The quantitative estimate of drug-likeness (QED) is 0.694. The lowest BCUT2D eigenvalue weighted by Crippen LogP contribution is -2.57. The van der Waals surface area contributed by atoms with Gasteiger partial charge in [0.1, 0.15) is 5.54 Å². The van der Waals surface area contributed by atoms with Crippen molar-refractivity contribution in [2.45, 2.75) is 51.1 Å². The van der Waals surface area contributed by atoms with Gasteiger partial charge in [0, 0.05) is 6.04 Å². The molecule has 2 rings (SSSR count). The van der Waals surface area contributed by atoms with Gasteiger partial charge < -0.3 is 4.74 Å². The lowest BCUT2D eigenvalue weighted by atomic mass is 9.83. The van der Waals surface area contributed by atoms with Crippen LogP contribution >= 0.6 is 0 Å². The van der Waals surface area contributed by atoms with Crippen LogP contribution in [0.2, 0.25) is 0 Å². The summed E-state index contributed by atoms with van der Waals surface area (Å²) < 4.78 is 4.91. The first kappa shape index (κ1) is 9.97. The number of carbonyl (C=O) groups is 1. The highest BCUT2D eigenvalue weighted by molar-refractivity contribution is 5.82. The van der Waals surface area contributed by atoms with Crippen molar-refractivity contribution in [1.82, 2.24) is 5.32 Å². The minimum Gasteiger partial charge on any atom is -0.468 e. The van der Waals surface area contributed by atoms with Crippen LogP contribution < -0.4 is 5.32 Å². The smallest absolute Gasteiger partial charge is 0.326 e. The van der Waals surface area contributed by atoms with E-state index in [0.29, 0.717) is 6.04 Å². The first-order valence-electron chi connectivity index (χ1n) is 5.38. The molecule has 1 atom stereocenters. The van der Waals surface area contributed by atoms with Gasteiger partial charge in [-0.05, 0) is 38.0 Å². The van der Waals surface area contributed by atoms with Crippen LogP contribution in [0.15, 0.2) is 0 Å². The molecule has 2 saturated carbocycles. The minimum atomic E-state index is -0.469. The predicted octanol–water partition coefficient (Wildman–Crippen LogP) is 1.47. The van der Waals surface area contributed by atoms with E-state index in [9.17, 15) is 4.79 Å². The summed E-state index contributed by atoms with van der Waals surface area (Å²) in [5.41, 5.74) is -0.356. The summed E-state index contributed by atoms with van der Waals surface area (Å²) >= 11 is 0. The third kappa shape index (κ3) is 1.44. The molecule has 0 saturated heterocycles. The zero-order valence-electron chi connectivity index (χ0n) is 9.22. The Morgan fingerprint density at radius 2 is 2.07 bits per heavy atom. The summed E-state index contributed by atoms with van der Waals surface area (Å²) in [5, 5.41) is 3.45. The van der Waals surface area contributed by atoms with E-state index in [-0.39, 0.29) is 11.4 Å². The summed E-state index contributed by atoms with van der Waals surface area (Å²) in [6, 6.07) is 0.538. The van der Waals surface area contributed by atoms with Crippen molar-refractivity contribution in [3.05, 3.63) is 0 Å². The summed E-state index contributed by atoms with van der Waals surface area (Å²) in [6.07, 6.45) is 4.64. The molecule has 1 unspecified atom stereocenters. The summed E-state index contributed by atoms with van der Waals surface area (Å²) in [4.78, 5) is 11.8. The van der Waals surface area contributed by atoms with Crippen LogP contribution in [0.4, 0.5) is 0 Å². The molecule has 2 aliphatic rings. The Bertz CT molecular complexity index is 256. The Hall–Kier alpha value is -0.570. The van der Waals surface area contributed by atoms with Crippen molar-refractivity contribution >= 4 is 5.97 Å². The fourth-order valence-electron chi connectivity index (χ4n) is 2.01. The number of esters is 1. The largest absolute Gasteiger partial charge is 0.468 e. The van der Waals surface area contributed by atoms with Crippen LogP contribution in [-0.2, 0) is 9.53 Å². The number of rotatable bonds is 4. The Morgan fingerprint density at radius 3 is 2.43 bits per heavy atom. The highest BCUT2D eigenvalue weighted by atomic mass is 16.5. The van der Waals surface area contributed by atoms with E-state index in [4.69, 9.17) is 4.74 Å². The normalized spacial score (nSPS) is 27.9. The molecule has 3 nitrogen and oxygen atoms in total. The maximum atomic E-state index is 11.8. The number of ether oxygens (including phenoxy) is 1. The van der Waals surface area contributed by atoms with Gasteiger partial charge in [-0.3, -0.25) is 10.1 Å². The highest BCUT2D eigenvalue weighted by Gasteiger charge is 2.59. The molecule has 2 aliphatic carbocycles. The average molecular weight is 197 g/mol. The van der Waals surface area contributed by atoms with Crippen molar-refractivity contribution in [3.8, 4) is 0 Å². The van der Waals surface area contributed by atoms with E-state index in [2.05, 4.69) is 12.2 Å². The molecular formula is C11H19NO2. The van der Waals surface area contributed by atoms with E-state index in [1.165, 1.54) is 20.0 Å². The zero-order valence-corrected chi connectivity index (χ0v) is 9.22. The number of carbonyl (C=O) groups excluding carboxylic acids is 1. The molecular weight excluding hydrogens is 178 g/mol. The Labute approximate surface area is 85.2 Å². The second kappa shape index (κ2) is 2.96. The number of hydrogen-bond donors (Lipinski definition) is 1. The molecule has 0 aliphatic heterocycles. The van der Waals surface area contributed by atoms with Gasteiger partial charge in [0.2, 0.25) is 0 Å². The first-order chi connectivity index (χ1) is 6.52. The van der Waals surface area contributed by atoms with Gasteiger partial charge in [-0.1, -0.05) is 6.92 Å². The molecule has 0 spiro atoms. The Morgan fingerprint density at radius 1 is 1.50 bits per heavy atom. The van der Waals surface area contributed by atoms with Gasteiger partial charge in [0.05, 0.1) is 7.11 Å². The van der Waals surface area contributed by atoms with E-state index >= 15 is 0 Å². The molecule has 1 N–H and O–H groups in total. The number of hydrogen-bond acceptors (Lipinski definition) is 3. The molecule has 0 radical (unpaired) electrons. The molecule has 80 valence electrons. The maximum absolute atomic E-state index is 11.8. The summed E-state index contributed by atoms with van der Waals surface area (Å²) in [5.74, 6) is -0.107. The van der Waals surface area contributed by atoms with Gasteiger partial charge in [-0.15, -0.1) is 0 Å². The molecule has 0 heterocycles. The van der Waals surface area contributed by atoms with Gasteiger partial charge in [-0.25, -0.2) is 0 Å². The van der Waals surface area contributed by atoms with E-state index in [1.54, 1.807) is 0 Å². The van der Waals surface area contributed by atoms with Crippen LogP contribution in [0.3, 0.4) is 0 Å². The lowest BCUT2D eigenvalue weighted by Gasteiger charge is -2.34. The van der Waals surface area contributed by atoms with Crippen molar-refractivity contribution in [1.29, 1.82) is 0 Å². The van der Waals surface area contributed by atoms with Crippen molar-refractivity contribution in [3.63, 3.8) is 0 Å². The monoisotopic (exact) mass is 197 g/mol. The standard InChI is InChI=1S/C11H19NO2/c1-10(6-7-10)11(2,9(13)14-3)12-8-4-5-8/h8,12H,4-7H2,1-3H3. The first-order valence-corrected chi connectivity index (χ1v) is 5.38. The summed E-state index contributed by atoms with van der Waals surface area (Å²) in [7, 11) is 1.47. The second-order valence-electron chi connectivity index (χ2n) is 5.10. The Balaban J connectivity index is 2.13. The third-order valence-corrected chi connectivity index (χ3v) is 3.87. The molecule has 14 heavy (non-hydrogen) atoms. The fraction of sp³-hybridized carbons (Fsp3) is 0.909. The lowest BCUT2D eigenvalue weighted by molar-refractivity contribution is -0.151. The van der Waals surface area contributed by atoms with Gasteiger partial charge in [0.15, 0.2) is 0 Å². The maximum Gasteiger partial charge on any atom is 0.326 e. The predicted molar refractivity (Wildman–Crippen MR) is 53.9 cm³/mol. The minimum absolute atomic E-state index is 0.107. The highest BCUT2D eigenvalue weighted by Crippen LogP contribution is 2.54. The molecule has 0 bridgehead atoms. The van der Waals surface area contributed by atoms with Crippen molar-refractivity contribution in [2.75, 3.05) is 7.11 Å². The van der Waals surface area contributed by atoms with Gasteiger partial charge >= 0.3 is 5.97 Å². The molecule has 0 aromatic heterocycles. The van der Waals surface area contributed by atoms with Crippen molar-refractivity contribution < 1.29 is 9.53 Å². The van der Waals surface area contributed by atoms with Crippen molar-refractivity contribution in [2.24, 2.45) is 5.41 Å². The molecule has 2 fully saturated rings. The molecule has 0 aromatic carbocycles. The average Bonchev–Trinajstić information content (AvgIpc) is 3.02.